The summed E-state index contributed by atoms with van der Waals surface area (Å²) in [4.78, 5) is 40.1. The van der Waals surface area contributed by atoms with Crippen molar-refractivity contribution in [1.82, 2.24) is 15.0 Å². The van der Waals surface area contributed by atoms with E-state index in [4.69, 9.17) is 4.74 Å². The highest BCUT2D eigenvalue weighted by Crippen LogP contribution is 2.41. The zero-order valence-electron chi connectivity index (χ0n) is 19.0. The van der Waals surface area contributed by atoms with Gasteiger partial charge >= 0.3 is 5.91 Å². The Morgan fingerprint density at radius 1 is 1.14 bits per heavy atom. The number of hydrogen-bond donors (Lipinski definition) is 2. The number of H-pyrrole nitrogens is 1. The summed E-state index contributed by atoms with van der Waals surface area (Å²) in [5, 5.41) is 11.4. The number of ether oxygens (including phenoxy) is 1. The third kappa shape index (κ3) is 3.45. The highest BCUT2D eigenvalue weighted by molar-refractivity contribution is 6.51. The van der Waals surface area contributed by atoms with Crippen molar-refractivity contribution in [2.45, 2.75) is 25.8 Å². The maximum Gasteiger partial charge on any atom is 0.302 e. The number of amides is 1. The lowest BCUT2D eigenvalue weighted by Gasteiger charge is -2.22. The van der Waals surface area contributed by atoms with Gasteiger partial charge in [0.15, 0.2) is 0 Å². The molecule has 1 saturated heterocycles. The number of ketones is 1. The summed E-state index contributed by atoms with van der Waals surface area (Å²) in [6.07, 6.45) is 3.28. The van der Waals surface area contributed by atoms with Crippen molar-refractivity contribution < 1.29 is 19.4 Å². The van der Waals surface area contributed by atoms with Crippen LogP contribution in [0.1, 0.15) is 34.8 Å². The highest BCUT2D eigenvalue weighted by atomic mass is 16.5. The predicted octanol–water partition coefficient (Wildman–Crippen LogP) is 4.22. The second-order valence-electron chi connectivity index (χ2n) is 8.78. The summed E-state index contributed by atoms with van der Waals surface area (Å²) in [6, 6.07) is 15.3. The molecule has 2 aliphatic heterocycles. The number of carbonyl (C=O) groups excluding carboxylic acids is 2. The number of benzene rings is 2. The number of nitrogens with one attached hydrogen (secondary N) is 1. The second-order valence-corrected chi connectivity index (χ2v) is 8.78. The summed E-state index contributed by atoms with van der Waals surface area (Å²) < 4.78 is 5.67. The Balaban J connectivity index is 1.53. The number of pyridine rings is 1. The van der Waals surface area contributed by atoms with E-state index in [1.165, 1.54) is 4.90 Å². The van der Waals surface area contributed by atoms with Gasteiger partial charge in [0.05, 0.1) is 28.9 Å². The molecule has 6 rings (SSSR count). The van der Waals surface area contributed by atoms with E-state index in [1.807, 2.05) is 31.2 Å². The lowest BCUT2D eigenvalue weighted by Crippen LogP contribution is -2.30. The first-order valence-corrected chi connectivity index (χ1v) is 11.5. The smallest absolute Gasteiger partial charge is 0.302 e. The summed E-state index contributed by atoms with van der Waals surface area (Å²) in [5.74, 6) is -0.821. The van der Waals surface area contributed by atoms with Crippen molar-refractivity contribution in [3.8, 4) is 5.75 Å². The van der Waals surface area contributed by atoms with E-state index >= 15 is 0 Å². The molecule has 0 saturated carbocycles. The van der Waals surface area contributed by atoms with Gasteiger partial charge in [-0.1, -0.05) is 12.1 Å². The first-order chi connectivity index (χ1) is 17.0. The first kappa shape index (κ1) is 21.1. The minimum Gasteiger partial charge on any atom is -0.507 e. The van der Waals surface area contributed by atoms with Gasteiger partial charge in [0.25, 0.3) is 5.78 Å². The molecule has 1 atom stereocenters. The molecule has 1 amide bonds. The Bertz CT molecular complexity index is 1520. The van der Waals surface area contributed by atoms with Gasteiger partial charge in [-0.3, -0.25) is 19.5 Å². The first-order valence-electron chi connectivity index (χ1n) is 11.5. The fourth-order valence-electron chi connectivity index (χ4n) is 4.76. The average molecular weight is 466 g/mol. The van der Waals surface area contributed by atoms with Crippen LogP contribution in [0, 0.1) is 6.92 Å². The number of imidazole rings is 1. The average Bonchev–Trinajstić information content (AvgIpc) is 3.41. The Labute approximate surface area is 200 Å². The van der Waals surface area contributed by atoms with Crippen LogP contribution in [0.5, 0.6) is 5.75 Å². The van der Waals surface area contributed by atoms with Crippen molar-refractivity contribution in [1.29, 1.82) is 0 Å². The number of aromatic amines is 1. The molecule has 2 aromatic carbocycles. The summed E-state index contributed by atoms with van der Waals surface area (Å²) in [5.41, 5.74) is 4.28. The van der Waals surface area contributed by atoms with Gasteiger partial charge in [-0.05, 0) is 73.4 Å². The molecule has 4 heterocycles. The molecule has 0 bridgehead atoms. The highest BCUT2D eigenvalue weighted by Gasteiger charge is 2.48. The maximum absolute atomic E-state index is 13.3. The standard InChI is InChI=1S/C27H22N4O4/c1-15-7-9-18-20(13-15)30-27(29-18)31-23(19-6-2-3-11-28-19)22(25(33)26(31)34)24(32)17-8-10-21-16(14-17)5-4-12-35-21/h2-3,6-11,13-14,23,32H,4-5,12H2,1H3,(H,29,30)/b24-22+. The number of aromatic nitrogens is 3. The minimum absolute atomic E-state index is 0.0259. The molecule has 0 radical (unpaired) electrons. The van der Waals surface area contributed by atoms with E-state index in [0.717, 1.165) is 35.2 Å². The number of Topliss-reactive ketones (excluding diaryl/α,β-unsaturated/α-hetero) is 1. The van der Waals surface area contributed by atoms with Gasteiger partial charge in [-0.2, -0.15) is 0 Å². The van der Waals surface area contributed by atoms with E-state index in [-0.39, 0.29) is 17.3 Å². The normalized spacial score (nSPS) is 19.1. The molecule has 2 aliphatic rings. The summed E-state index contributed by atoms with van der Waals surface area (Å²) in [7, 11) is 0. The van der Waals surface area contributed by atoms with Gasteiger partial charge < -0.3 is 14.8 Å². The van der Waals surface area contributed by atoms with Crippen LogP contribution < -0.4 is 9.64 Å². The monoisotopic (exact) mass is 466 g/mol. The molecule has 174 valence electrons. The van der Waals surface area contributed by atoms with Crippen molar-refractivity contribution in [3.05, 3.63) is 88.8 Å². The van der Waals surface area contributed by atoms with Gasteiger partial charge in [-0.25, -0.2) is 4.98 Å². The van der Waals surface area contributed by atoms with Gasteiger partial charge in [0.1, 0.15) is 17.6 Å². The number of hydrogen-bond acceptors (Lipinski definition) is 6. The molecule has 0 aliphatic carbocycles. The van der Waals surface area contributed by atoms with Crippen LogP contribution in [-0.2, 0) is 16.0 Å². The van der Waals surface area contributed by atoms with Crippen LogP contribution in [-0.4, -0.2) is 38.4 Å². The van der Waals surface area contributed by atoms with E-state index in [9.17, 15) is 14.7 Å². The van der Waals surface area contributed by atoms with Crippen molar-refractivity contribution >= 4 is 34.4 Å². The largest absolute Gasteiger partial charge is 0.507 e. The number of rotatable bonds is 3. The van der Waals surface area contributed by atoms with E-state index in [0.29, 0.717) is 23.4 Å². The van der Waals surface area contributed by atoms with Crippen LogP contribution in [0.15, 0.2) is 66.4 Å². The minimum atomic E-state index is -0.940. The fourth-order valence-corrected chi connectivity index (χ4v) is 4.76. The summed E-state index contributed by atoms with van der Waals surface area (Å²) >= 11 is 0. The molecular weight excluding hydrogens is 444 g/mol. The molecule has 0 spiro atoms. The van der Waals surface area contributed by atoms with Gasteiger partial charge in [0, 0.05) is 11.8 Å². The number of aryl methyl sites for hydroxylation is 2. The van der Waals surface area contributed by atoms with Crippen molar-refractivity contribution in [2.24, 2.45) is 0 Å². The molecule has 1 fully saturated rings. The number of carbonyl (C=O) groups is 2. The van der Waals surface area contributed by atoms with Crippen molar-refractivity contribution in [3.63, 3.8) is 0 Å². The molecule has 1 unspecified atom stereocenters. The predicted molar refractivity (Wildman–Crippen MR) is 130 cm³/mol. The Morgan fingerprint density at radius 3 is 2.86 bits per heavy atom. The molecule has 4 aromatic rings. The number of aliphatic hydroxyl groups is 1. The lowest BCUT2D eigenvalue weighted by molar-refractivity contribution is -0.132. The van der Waals surface area contributed by atoms with E-state index in [2.05, 4.69) is 15.0 Å². The van der Waals surface area contributed by atoms with Crippen LogP contribution >= 0.6 is 0 Å². The summed E-state index contributed by atoms with van der Waals surface area (Å²) in [6.45, 7) is 2.61. The molecular formula is C27H22N4O4. The quantitative estimate of drug-likeness (QED) is 0.266. The Morgan fingerprint density at radius 2 is 2.03 bits per heavy atom. The van der Waals surface area contributed by atoms with Crippen molar-refractivity contribution in [2.75, 3.05) is 11.5 Å². The van der Waals surface area contributed by atoms with Crippen LogP contribution in [0.4, 0.5) is 5.95 Å². The van der Waals surface area contributed by atoms with Crippen LogP contribution in [0.3, 0.4) is 0 Å². The van der Waals surface area contributed by atoms with E-state index < -0.39 is 17.7 Å². The number of nitrogens with zero attached hydrogens (tertiary/aromatic N) is 3. The maximum atomic E-state index is 13.3. The zero-order chi connectivity index (χ0) is 24.1. The van der Waals surface area contributed by atoms with Gasteiger partial charge in [-0.15, -0.1) is 0 Å². The lowest BCUT2D eigenvalue weighted by atomic mass is 9.96. The molecule has 8 nitrogen and oxygen atoms in total. The molecule has 8 heteroatoms. The van der Waals surface area contributed by atoms with Crippen LogP contribution in [0.2, 0.25) is 0 Å². The van der Waals surface area contributed by atoms with Crippen LogP contribution in [0.25, 0.3) is 16.8 Å². The molecule has 35 heavy (non-hydrogen) atoms. The molecule has 2 aromatic heterocycles. The number of anilines is 1. The topological polar surface area (TPSA) is 108 Å². The second kappa shape index (κ2) is 8.09. The Hall–Kier alpha value is -4.46. The SMILES string of the molecule is Cc1ccc2nc(N3C(=O)C(=O)/C(=C(/O)c4ccc5c(c4)CCCO5)C3c3ccccn3)[nH]c2c1. The molecule has 2 N–H and O–H groups in total. The number of fused-ring (bicyclic) bond motifs is 2. The zero-order valence-corrected chi connectivity index (χ0v) is 19.0. The third-order valence-corrected chi connectivity index (χ3v) is 6.45. The van der Waals surface area contributed by atoms with E-state index in [1.54, 1.807) is 36.5 Å². The van der Waals surface area contributed by atoms with Gasteiger partial charge in [0.2, 0.25) is 5.95 Å². The Kier molecular flexibility index (Phi) is 4.88. The number of aliphatic hydroxyl groups excluding tert-OH is 1. The fraction of sp³-hybridized carbons (Fsp3) is 0.185. The third-order valence-electron chi connectivity index (χ3n) is 6.45.